The molecule has 2 nitrogen and oxygen atoms in total. The second-order valence-electron chi connectivity index (χ2n) is 4.64. The summed E-state index contributed by atoms with van der Waals surface area (Å²) < 4.78 is 5.26. The molecule has 0 heterocycles. The van der Waals surface area contributed by atoms with E-state index in [1.807, 2.05) is 0 Å². The van der Waals surface area contributed by atoms with Crippen LogP contribution in [-0.4, -0.2) is 13.7 Å². The van der Waals surface area contributed by atoms with Gasteiger partial charge in [0.25, 0.3) is 0 Å². The first-order valence-corrected chi connectivity index (χ1v) is 6.51. The molecule has 0 aliphatic carbocycles. The fourth-order valence-corrected chi connectivity index (χ4v) is 2.20. The quantitative estimate of drug-likeness (QED) is 0.811. The van der Waals surface area contributed by atoms with Crippen LogP contribution < -0.4 is 10.1 Å². The Morgan fingerprint density at radius 3 is 2.47 bits per heavy atom. The number of rotatable bonds is 6. The molecule has 96 valence electrons. The molecule has 2 unspecified atom stereocenters. The van der Waals surface area contributed by atoms with Gasteiger partial charge in [-0.05, 0) is 42.6 Å². The van der Waals surface area contributed by atoms with Gasteiger partial charge < -0.3 is 10.1 Å². The van der Waals surface area contributed by atoms with E-state index in [2.05, 4.69) is 51.2 Å². The molecule has 0 saturated carbocycles. The van der Waals surface area contributed by atoms with Crippen molar-refractivity contribution in [2.75, 3.05) is 13.7 Å². The summed E-state index contributed by atoms with van der Waals surface area (Å²) in [6.07, 6.45) is 1.18. The molecule has 2 atom stereocenters. The Morgan fingerprint density at radius 2 is 2.00 bits per heavy atom. The molecule has 0 bridgehead atoms. The van der Waals surface area contributed by atoms with Gasteiger partial charge in [-0.1, -0.05) is 33.3 Å². The third kappa shape index (κ3) is 3.47. The maximum absolute atomic E-state index is 5.26. The first kappa shape index (κ1) is 14.0. The molecule has 1 aromatic rings. The van der Waals surface area contributed by atoms with Crippen molar-refractivity contribution in [1.29, 1.82) is 0 Å². The number of aryl methyl sites for hydroxylation is 1. The van der Waals surface area contributed by atoms with E-state index in [1.54, 1.807) is 7.11 Å². The lowest BCUT2D eigenvalue weighted by atomic mass is 9.89. The predicted octanol–water partition coefficient (Wildman–Crippen LogP) is 3.70. The largest absolute Gasteiger partial charge is 0.497 e. The van der Waals surface area contributed by atoms with E-state index in [1.165, 1.54) is 17.5 Å². The lowest BCUT2D eigenvalue weighted by molar-refractivity contribution is 0.380. The van der Waals surface area contributed by atoms with Crippen LogP contribution in [0.15, 0.2) is 18.2 Å². The van der Waals surface area contributed by atoms with Crippen LogP contribution >= 0.6 is 0 Å². The van der Waals surface area contributed by atoms with Crippen LogP contribution in [0.4, 0.5) is 0 Å². The molecule has 0 aromatic heterocycles. The van der Waals surface area contributed by atoms with Crippen molar-refractivity contribution in [2.45, 2.75) is 40.2 Å². The number of hydrogen-bond acceptors (Lipinski definition) is 2. The van der Waals surface area contributed by atoms with E-state index in [0.29, 0.717) is 12.0 Å². The lowest BCUT2D eigenvalue weighted by Gasteiger charge is -2.26. The maximum Gasteiger partial charge on any atom is 0.119 e. The minimum atomic E-state index is 0.441. The highest BCUT2D eigenvalue weighted by Gasteiger charge is 2.18. The summed E-state index contributed by atoms with van der Waals surface area (Å²) in [4.78, 5) is 0. The van der Waals surface area contributed by atoms with Crippen LogP contribution in [0, 0.1) is 12.8 Å². The fourth-order valence-electron chi connectivity index (χ4n) is 2.20. The van der Waals surface area contributed by atoms with Gasteiger partial charge in [0.2, 0.25) is 0 Å². The molecule has 0 aliphatic heterocycles. The topological polar surface area (TPSA) is 21.3 Å². The summed E-state index contributed by atoms with van der Waals surface area (Å²) in [6, 6.07) is 6.79. The zero-order valence-electron chi connectivity index (χ0n) is 11.7. The SMILES string of the molecule is CCNC(c1ccc(OC)cc1C)C(C)CC. The van der Waals surface area contributed by atoms with Gasteiger partial charge in [0, 0.05) is 6.04 Å². The fraction of sp³-hybridized carbons (Fsp3) is 0.600. The summed E-state index contributed by atoms with van der Waals surface area (Å²) in [6.45, 7) is 9.87. The standard InChI is InChI=1S/C15H25NO/c1-6-11(3)15(16-7-2)14-9-8-13(17-5)10-12(14)4/h8-11,15-16H,6-7H2,1-5H3. The highest BCUT2D eigenvalue weighted by atomic mass is 16.5. The van der Waals surface area contributed by atoms with E-state index in [9.17, 15) is 0 Å². The van der Waals surface area contributed by atoms with Crippen LogP contribution in [0.5, 0.6) is 5.75 Å². The second kappa shape index (κ2) is 6.65. The van der Waals surface area contributed by atoms with Crippen molar-refractivity contribution in [3.8, 4) is 5.75 Å². The Morgan fingerprint density at radius 1 is 1.29 bits per heavy atom. The van der Waals surface area contributed by atoms with Crippen molar-refractivity contribution < 1.29 is 4.74 Å². The summed E-state index contributed by atoms with van der Waals surface area (Å²) in [7, 11) is 1.71. The minimum Gasteiger partial charge on any atom is -0.497 e. The van der Waals surface area contributed by atoms with Gasteiger partial charge in [-0.25, -0.2) is 0 Å². The first-order chi connectivity index (χ1) is 8.13. The Bertz CT molecular complexity index is 349. The van der Waals surface area contributed by atoms with Gasteiger partial charge in [0.15, 0.2) is 0 Å². The van der Waals surface area contributed by atoms with Crippen molar-refractivity contribution >= 4 is 0 Å². The molecule has 17 heavy (non-hydrogen) atoms. The molecule has 0 amide bonds. The lowest BCUT2D eigenvalue weighted by Crippen LogP contribution is -2.27. The van der Waals surface area contributed by atoms with Gasteiger partial charge in [0.1, 0.15) is 5.75 Å². The van der Waals surface area contributed by atoms with E-state index < -0.39 is 0 Å². The van der Waals surface area contributed by atoms with Crippen molar-refractivity contribution in [2.24, 2.45) is 5.92 Å². The van der Waals surface area contributed by atoms with Crippen molar-refractivity contribution in [3.63, 3.8) is 0 Å². The average Bonchev–Trinajstić information content (AvgIpc) is 2.35. The molecule has 2 heteroatoms. The van der Waals surface area contributed by atoms with Gasteiger partial charge >= 0.3 is 0 Å². The minimum absolute atomic E-state index is 0.441. The molecule has 0 spiro atoms. The maximum atomic E-state index is 5.26. The van der Waals surface area contributed by atoms with Crippen LogP contribution in [0.25, 0.3) is 0 Å². The van der Waals surface area contributed by atoms with Gasteiger partial charge in [-0.3, -0.25) is 0 Å². The van der Waals surface area contributed by atoms with Crippen molar-refractivity contribution in [1.82, 2.24) is 5.32 Å². The third-order valence-corrected chi connectivity index (χ3v) is 3.45. The van der Waals surface area contributed by atoms with Crippen molar-refractivity contribution in [3.05, 3.63) is 29.3 Å². The molecular formula is C15H25NO. The van der Waals surface area contributed by atoms with E-state index in [4.69, 9.17) is 4.74 Å². The van der Waals surface area contributed by atoms with E-state index in [0.717, 1.165) is 12.3 Å². The molecule has 0 fully saturated rings. The molecule has 0 radical (unpaired) electrons. The number of hydrogen-bond donors (Lipinski definition) is 1. The molecule has 1 rings (SSSR count). The van der Waals surface area contributed by atoms with Crippen LogP contribution in [0.1, 0.15) is 44.4 Å². The summed E-state index contributed by atoms with van der Waals surface area (Å²) in [5.74, 6) is 1.58. The zero-order chi connectivity index (χ0) is 12.8. The van der Waals surface area contributed by atoms with Gasteiger partial charge in [0.05, 0.1) is 7.11 Å². The Hall–Kier alpha value is -1.02. The summed E-state index contributed by atoms with van der Waals surface area (Å²) in [5.41, 5.74) is 2.69. The smallest absolute Gasteiger partial charge is 0.119 e. The second-order valence-corrected chi connectivity index (χ2v) is 4.64. The molecule has 0 saturated heterocycles. The highest BCUT2D eigenvalue weighted by molar-refractivity contribution is 5.36. The zero-order valence-corrected chi connectivity index (χ0v) is 11.7. The Balaban J connectivity index is 3.01. The van der Waals surface area contributed by atoms with E-state index in [-0.39, 0.29) is 0 Å². The number of benzene rings is 1. The normalized spacial score (nSPS) is 14.4. The molecule has 1 aromatic carbocycles. The Labute approximate surface area is 105 Å². The summed E-state index contributed by atoms with van der Waals surface area (Å²) >= 11 is 0. The number of nitrogens with one attached hydrogen (secondary N) is 1. The monoisotopic (exact) mass is 235 g/mol. The first-order valence-electron chi connectivity index (χ1n) is 6.51. The third-order valence-electron chi connectivity index (χ3n) is 3.45. The Kier molecular flexibility index (Phi) is 5.49. The van der Waals surface area contributed by atoms with E-state index >= 15 is 0 Å². The highest BCUT2D eigenvalue weighted by Crippen LogP contribution is 2.29. The van der Waals surface area contributed by atoms with Gasteiger partial charge in [-0.2, -0.15) is 0 Å². The molecule has 1 N–H and O–H groups in total. The van der Waals surface area contributed by atoms with Crippen LogP contribution in [-0.2, 0) is 0 Å². The van der Waals surface area contributed by atoms with Crippen LogP contribution in [0.2, 0.25) is 0 Å². The number of ether oxygens (including phenoxy) is 1. The summed E-state index contributed by atoms with van der Waals surface area (Å²) in [5, 5.41) is 3.59. The number of methoxy groups -OCH3 is 1. The average molecular weight is 235 g/mol. The molecular weight excluding hydrogens is 210 g/mol. The van der Waals surface area contributed by atoms with Gasteiger partial charge in [-0.15, -0.1) is 0 Å². The molecule has 0 aliphatic rings. The van der Waals surface area contributed by atoms with Crippen LogP contribution in [0.3, 0.4) is 0 Å². The predicted molar refractivity (Wildman–Crippen MR) is 73.6 cm³/mol.